The molecule has 0 heterocycles. The first-order valence-electron chi connectivity index (χ1n) is 6.82. The average molecular weight is 314 g/mol. The summed E-state index contributed by atoms with van der Waals surface area (Å²) in [6.45, 7) is 0. The SMILES string of the molecule is CNC(Cc1ccc(F)cc1Br)C1CCCCC1. The maximum absolute atomic E-state index is 13.1. The molecule has 0 radical (unpaired) electrons. The van der Waals surface area contributed by atoms with Crippen molar-refractivity contribution in [3.05, 3.63) is 34.1 Å². The fourth-order valence-corrected chi connectivity index (χ4v) is 3.48. The van der Waals surface area contributed by atoms with E-state index in [0.717, 1.165) is 16.8 Å². The summed E-state index contributed by atoms with van der Waals surface area (Å²) in [6, 6.07) is 5.51. The fraction of sp³-hybridized carbons (Fsp3) is 0.600. The van der Waals surface area contributed by atoms with Gasteiger partial charge >= 0.3 is 0 Å². The van der Waals surface area contributed by atoms with Gasteiger partial charge in [-0.25, -0.2) is 4.39 Å². The quantitative estimate of drug-likeness (QED) is 0.874. The summed E-state index contributed by atoms with van der Waals surface area (Å²) in [7, 11) is 2.04. The monoisotopic (exact) mass is 313 g/mol. The molecule has 2 rings (SSSR count). The third-order valence-corrected chi connectivity index (χ3v) is 4.78. The maximum Gasteiger partial charge on any atom is 0.124 e. The zero-order valence-corrected chi connectivity index (χ0v) is 12.5. The molecule has 3 heteroatoms. The van der Waals surface area contributed by atoms with Crippen molar-refractivity contribution in [3.63, 3.8) is 0 Å². The Labute approximate surface area is 117 Å². The Bertz CT molecular complexity index is 388. The van der Waals surface area contributed by atoms with Crippen LogP contribution >= 0.6 is 15.9 Å². The summed E-state index contributed by atoms with van der Waals surface area (Å²) in [6.07, 6.45) is 7.71. The summed E-state index contributed by atoms with van der Waals surface area (Å²) in [5.41, 5.74) is 1.20. The molecule has 100 valence electrons. The van der Waals surface area contributed by atoms with Crippen molar-refractivity contribution in [1.29, 1.82) is 0 Å². The predicted molar refractivity (Wildman–Crippen MR) is 77.2 cm³/mol. The third kappa shape index (κ3) is 3.55. The first-order valence-corrected chi connectivity index (χ1v) is 7.61. The van der Waals surface area contributed by atoms with E-state index in [-0.39, 0.29) is 5.82 Å². The molecule has 0 spiro atoms. The van der Waals surface area contributed by atoms with E-state index in [4.69, 9.17) is 0 Å². The summed E-state index contributed by atoms with van der Waals surface area (Å²) < 4.78 is 14.0. The molecule has 0 amide bonds. The second-order valence-corrected chi connectivity index (χ2v) is 6.09. The van der Waals surface area contributed by atoms with Crippen molar-refractivity contribution in [2.75, 3.05) is 7.05 Å². The topological polar surface area (TPSA) is 12.0 Å². The largest absolute Gasteiger partial charge is 0.316 e. The highest BCUT2D eigenvalue weighted by Gasteiger charge is 2.23. The molecule has 1 N–H and O–H groups in total. The van der Waals surface area contributed by atoms with Crippen molar-refractivity contribution >= 4 is 15.9 Å². The lowest BCUT2D eigenvalue weighted by Gasteiger charge is -2.30. The van der Waals surface area contributed by atoms with E-state index in [0.29, 0.717) is 6.04 Å². The third-order valence-electron chi connectivity index (χ3n) is 4.04. The Morgan fingerprint density at radius 3 is 2.67 bits per heavy atom. The van der Waals surface area contributed by atoms with Crippen molar-refractivity contribution in [3.8, 4) is 0 Å². The fourth-order valence-electron chi connectivity index (χ4n) is 2.97. The number of rotatable bonds is 4. The Balaban J connectivity index is 2.04. The van der Waals surface area contributed by atoms with Crippen LogP contribution in [0.4, 0.5) is 4.39 Å². The molecule has 1 unspecified atom stereocenters. The molecule has 0 bridgehead atoms. The second kappa shape index (κ2) is 6.67. The number of benzene rings is 1. The molecule has 1 aliphatic carbocycles. The molecule has 1 aromatic carbocycles. The van der Waals surface area contributed by atoms with Gasteiger partial charge in [-0.3, -0.25) is 0 Å². The van der Waals surface area contributed by atoms with Crippen LogP contribution in [0, 0.1) is 11.7 Å². The van der Waals surface area contributed by atoms with Crippen LogP contribution in [0.25, 0.3) is 0 Å². The first kappa shape index (κ1) is 14.0. The average Bonchev–Trinajstić information content (AvgIpc) is 2.39. The number of halogens is 2. The smallest absolute Gasteiger partial charge is 0.124 e. The minimum atomic E-state index is -0.177. The van der Waals surface area contributed by atoms with Crippen molar-refractivity contribution in [2.45, 2.75) is 44.6 Å². The van der Waals surface area contributed by atoms with E-state index in [1.807, 2.05) is 13.1 Å². The van der Waals surface area contributed by atoms with E-state index < -0.39 is 0 Å². The van der Waals surface area contributed by atoms with Gasteiger partial charge in [-0.1, -0.05) is 41.3 Å². The van der Waals surface area contributed by atoms with Crippen molar-refractivity contribution in [1.82, 2.24) is 5.32 Å². The second-order valence-electron chi connectivity index (χ2n) is 5.23. The molecule has 0 aliphatic heterocycles. The van der Waals surface area contributed by atoms with E-state index in [2.05, 4.69) is 21.2 Å². The van der Waals surface area contributed by atoms with Gasteiger partial charge in [0.05, 0.1) is 0 Å². The Morgan fingerprint density at radius 1 is 1.33 bits per heavy atom. The molecular formula is C15H21BrFN. The number of hydrogen-bond acceptors (Lipinski definition) is 1. The summed E-state index contributed by atoms with van der Waals surface area (Å²) in [5.74, 6) is 0.588. The van der Waals surface area contributed by atoms with Crippen LogP contribution in [-0.4, -0.2) is 13.1 Å². The van der Waals surface area contributed by atoms with E-state index in [9.17, 15) is 4.39 Å². The minimum absolute atomic E-state index is 0.177. The lowest BCUT2D eigenvalue weighted by molar-refractivity contribution is 0.276. The number of likely N-dealkylation sites (N-methyl/N-ethyl adjacent to an activating group) is 1. The molecule has 1 fully saturated rings. The number of nitrogens with one attached hydrogen (secondary N) is 1. The van der Waals surface area contributed by atoms with Gasteiger partial charge < -0.3 is 5.32 Å². The van der Waals surface area contributed by atoms with Gasteiger partial charge in [-0.2, -0.15) is 0 Å². The van der Waals surface area contributed by atoms with Gasteiger partial charge in [0.2, 0.25) is 0 Å². The van der Waals surface area contributed by atoms with Crippen LogP contribution in [0.5, 0.6) is 0 Å². The van der Waals surface area contributed by atoms with Gasteiger partial charge in [-0.05, 0) is 49.9 Å². The van der Waals surface area contributed by atoms with Crippen molar-refractivity contribution in [2.24, 2.45) is 5.92 Å². The van der Waals surface area contributed by atoms with E-state index >= 15 is 0 Å². The van der Waals surface area contributed by atoms with Crippen LogP contribution in [0.3, 0.4) is 0 Å². The van der Waals surface area contributed by atoms with Crippen LogP contribution in [0.2, 0.25) is 0 Å². The Hall–Kier alpha value is -0.410. The highest BCUT2D eigenvalue weighted by molar-refractivity contribution is 9.10. The highest BCUT2D eigenvalue weighted by Crippen LogP contribution is 2.29. The molecule has 0 aromatic heterocycles. The van der Waals surface area contributed by atoms with E-state index in [1.54, 1.807) is 12.1 Å². The maximum atomic E-state index is 13.1. The summed E-state index contributed by atoms with van der Waals surface area (Å²) in [5, 5.41) is 3.45. The van der Waals surface area contributed by atoms with Crippen molar-refractivity contribution < 1.29 is 4.39 Å². The molecular weight excluding hydrogens is 293 g/mol. The van der Waals surface area contributed by atoms with Gasteiger partial charge in [0, 0.05) is 10.5 Å². The zero-order valence-electron chi connectivity index (χ0n) is 10.9. The molecule has 1 atom stereocenters. The standard InChI is InChI=1S/C15H21BrFN/c1-18-15(11-5-3-2-4-6-11)9-12-7-8-13(17)10-14(12)16/h7-8,10-11,15,18H,2-6,9H2,1H3. The lowest BCUT2D eigenvalue weighted by Crippen LogP contribution is -2.36. The minimum Gasteiger partial charge on any atom is -0.316 e. The molecule has 1 nitrogen and oxygen atoms in total. The van der Waals surface area contributed by atoms with Crippen LogP contribution < -0.4 is 5.32 Å². The zero-order chi connectivity index (χ0) is 13.0. The Morgan fingerprint density at radius 2 is 2.06 bits per heavy atom. The molecule has 0 saturated heterocycles. The van der Waals surface area contributed by atoms with Gasteiger partial charge in [0.15, 0.2) is 0 Å². The van der Waals surface area contributed by atoms with Crippen LogP contribution in [0.1, 0.15) is 37.7 Å². The van der Waals surface area contributed by atoms with Gasteiger partial charge in [0.25, 0.3) is 0 Å². The lowest BCUT2D eigenvalue weighted by atomic mass is 9.81. The predicted octanol–water partition coefficient (Wildman–Crippen LogP) is 4.30. The first-order chi connectivity index (χ1) is 8.70. The number of hydrogen-bond donors (Lipinski definition) is 1. The molecule has 18 heavy (non-hydrogen) atoms. The summed E-state index contributed by atoms with van der Waals surface area (Å²) in [4.78, 5) is 0. The van der Waals surface area contributed by atoms with Crippen LogP contribution in [-0.2, 0) is 6.42 Å². The Kier molecular flexibility index (Phi) is 5.19. The summed E-state index contributed by atoms with van der Waals surface area (Å²) >= 11 is 3.46. The van der Waals surface area contributed by atoms with Gasteiger partial charge in [-0.15, -0.1) is 0 Å². The molecule has 1 saturated carbocycles. The molecule has 1 aromatic rings. The normalized spacial score (nSPS) is 18.8. The highest BCUT2D eigenvalue weighted by atomic mass is 79.9. The molecule has 1 aliphatic rings. The van der Waals surface area contributed by atoms with E-state index in [1.165, 1.54) is 37.7 Å². The van der Waals surface area contributed by atoms with Crippen LogP contribution in [0.15, 0.2) is 22.7 Å². The van der Waals surface area contributed by atoms with Gasteiger partial charge in [0.1, 0.15) is 5.82 Å².